The second-order valence-corrected chi connectivity index (χ2v) is 4.49. The minimum atomic E-state index is 0.351. The third kappa shape index (κ3) is 4.97. The largest absolute Gasteiger partial charge is 0.378 e. The number of ether oxygens (including phenoxy) is 1. The second-order valence-electron chi connectivity index (χ2n) is 4.49. The van der Waals surface area contributed by atoms with Crippen LogP contribution in [0.5, 0.6) is 0 Å². The third-order valence-electron chi connectivity index (χ3n) is 2.79. The van der Waals surface area contributed by atoms with E-state index in [1.807, 2.05) is 0 Å². The lowest BCUT2D eigenvalue weighted by Crippen LogP contribution is -2.37. The van der Waals surface area contributed by atoms with E-state index < -0.39 is 0 Å². The monoisotopic (exact) mass is 201 g/mol. The van der Waals surface area contributed by atoms with Gasteiger partial charge in [0.25, 0.3) is 0 Å². The van der Waals surface area contributed by atoms with E-state index >= 15 is 0 Å². The molecule has 0 aliphatic heterocycles. The van der Waals surface area contributed by atoms with Gasteiger partial charge in [-0.1, -0.05) is 13.8 Å². The van der Waals surface area contributed by atoms with Gasteiger partial charge in [0.1, 0.15) is 0 Å². The molecule has 0 aromatic carbocycles. The Morgan fingerprint density at radius 3 is 1.93 bits per heavy atom. The molecule has 2 heteroatoms. The van der Waals surface area contributed by atoms with Crippen molar-refractivity contribution >= 4 is 0 Å². The van der Waals surface area contributed by atoms with Crippen molar-refractivity contribution in [1.82, 2.24) is 4.90 Å². The first-order valence-corrected chi connectivity index (χ1v) is 5.80. The van der Waals surface area contributed by atoms with Crippen LogP contribution in [0.3, 0.4) is 0 Å². The van der Waals surface area contributed by atoms with Crippen molar-refractivity contribution in [3.8, 4) is 0 Å². The summed E-state index contributed by atoms with van der Waals surface area (Å²) in [7, 11) is 4.32. The van der Waals surface area contributed by atoms with Crippen LogP contribution in [0, 0.1) is 5.92 Å². The summed E-state index contributed by atoms with van der Waals surface area (Å²) in [6.45, 7) is 9.60. The van der Waals surface area contributed by atoms with E-state index in [1.54, 1.807) is 0 Å². The van der Waals surface area contributed by atoms with E-state index in [-0.39, 0.29) is 0 Å². The first kappa shape index (κ1) is 13.9. The molecule has 0 aromatic heterocycles. The standard InChI is InChI=1S/C12H27NO/c1-7-11(9-14-10(3)4)12(8-2)13(5)6/h10-12H,7-9H2,1-6H3. The highest BCUT2D eigenvalue weighted by atomic mass is 16.5. The zero-order valence-corrected chi connectivity index (χ0v) is 10.7. The lowest BCUT2D eigenvalue weighted by molar-refractivity contribution is 0.0245. The van der Waals surface area contributed by atoms with Crippen molar-refractivity contribution in [2.75, 3.05) is 20.7 Å². The average Bonchev–Trinajstić information content (AvgIpc) is 2.10. The van der Waals surface area contributed by atoms with Crippen LogP contribution in [0.1, 0.15) is 40.5 Å². The average molecular weight is 201 g/mol. The Balaban J connectivity index is 4.08. The van der Waals surface area contributed by atoms with Crippen LogP contribution >= 0.6 is 0 Å². The van der Waals surface area contributed by atoms with Gasteiger partial charge in [0, 0.05) is 6.04 Å². The van der Waals surface area contributed by atoms with E-state index in [9.17, 15) is 0 Å². The number of rotatable bonds is 7. The number of hydrogen-bond acceptors (Lipinski definition) is 2. The van der Waals surface area contributed by atoms with Gasteiger partial charge in [0.15, 0.2) is 0 Å². The quantitative estimate of drug-likeness (QED) is 0.628. The molecule has 14 heavy (non-hydrogen) atoms. The summed E-state index contributed by atoms with van der Waals surface area (Å²) in [6, 6.07) is 0.652. The van der Waals surface area contributed by atoms with Gasteiger partial charge >= 0.3 is 0 Å². The molecule has 0 amide bonds. The van der Waals surface area contributed by atoms with E-state index in [1.165, 1.54) is 12.8 Å². The van der Waals surface area contributed by atoms with Crippen molar-refractivity contribution in [2.45, 2.75) is 52.7 Å². The van der Waals surface area contributed by atoms with Gasteiger partial charge in [-0.2, -0.15) is 0 Å². The van der Waals surface area contributed by atoms with Crippen LogP contribution in [0.25, 0.3) is 0 Å². The van der Waals surface area contributed by atoms with E-state index in [2.05, 4.69) is 46.7 Å². The van der Waals surface area contributed by atoms with Crippen LogP contribution in [-0.4, -0.2) is 37.7 Å². The van der Waals surface area contributed by atoms with E-state index in [0.29, 0.717) is 18.1 Å². The molecule has 0 fully saturated rings. The zero-order valence-electron chi connectivity index (χ0n) is 10.7. The number of hydrogen-bond donors (Lipinski definition) is 0. The summed E-state index contributed by atoms with van der Waals surface area (Å²) in [5.74, 6) is 0.664. The van der Waals surface area contributed by atoms with Crippen molar-refractivity contribution in [3.05, 3.63) is 0 Å². The Morgan fingerprint density at radius 1 is 1.07 bits per heavy atom. The maximum absolute atomic E-state index is 5.70. The van der Waals surface area contributed by atoms with Crippen molar-refractivity contribution in [3.63, 3.8) is 0 Å². The molecule has 2 unspecified atom stereocenters. The highest BCUT2D eigenvalue weighted by molar-refractivity contribution is 4.73. The second kappa shape index (κ2) is 7.24. The van der Waals surface area contributed by atoms with Gasteiger partial charge < -0.3 is 9.64 Å². The van der Waals surface area contributed by atoms with Crippen molar-refractivity contribution < 1.29 is 4.74 Å². The molecule has 0 heterocycles. The highest BCUT2D eigenvalue weighted by Gasteiger charge is 2.20. The van der Waals surface area contributed by atoms with Crippen LogP contribution in [0.2, 0.25) is 0 Å². The van der Waals surface area contributed by atoms with Gasteiger partial charge in [-0.25, -0.2) is 0 Å². The molecular formula is C12H27NO. The van der Waals surface area contributed by atoms with Crippen LogP contribution < -0.4 is 0 Å². The fraction of sp³-hybridized carbons (Fsp3) is 1.00. The van der Waals surface area contributed by atoms with Crippen LogP contribution in [0.15, 0.2) is 0 Å². The lowest BCUT2D eigenvalue weighted by atomic mass is 9.95. The SMILES string of the molecule is CCC(COC(C)C)C(CC)N(C)C. The lowest BCUT2D eigenvalue weighted by Gasteiger charge is -2.31. The van der Waals surface area contributed by atoms with Crippen molar-refractivity contribution in [1.29, 1.82) is 0 Å². The van der Waals surface area contributed by atoms with E-state index in [4.69, 9.17) is 4.74 Å². The fourth-order valence-corrected chi connectivity index (χ4v) is 1.94. The molecule has 0 saturated heterocycles. The summed E-state index contributed by atoms with van der Waals surface area (Å²) < 4.78 is 5.70. The van der Waals surface area contributed by atoms with Crippen molar-refractivity contribution in [2.24, 2.45) is 5.92 Å². The molecule has 2 nitrogen and oxygen atoms in total. The molecule has 0 saturated carbocycles. The highest BCUT2D eigenvalue weighted by Crippen LogP contribution is 2.17. The smallest absolute Gasteiger partial charge is 0.0519 e. The van der Waals surface area contributed by atoms with Gasteiger partial charge in [-0.15, -0.1) is 0 Å². The molecule has 0 N–H and O–H groups in total. The van der Waals surface area contributed by atoms with Crippen LogP contribution in [0.4, 0.5) is 0 Å². The fourth-order valence-electron chi connectivity index (χ4n) is 1.94. The minimum absolute atomic E-state index is 0.351. The van der Waals surface area contributed by atoms with Gasteiger partial charge in [0.2, 0.25) is 0 Å². The topological polar surface area (TPSA) is 12.5 Å². The molecule has 0 spiro atoms. The van der Waals surface area contributed by atoms with Gasteiger partial charge in [-0.3, -0.25) is 0 Å². The molecule has 0 aliphatic rings. The molecule has 0 aromatic rings. The normalized spacial score (nSPS) is 16.3. The first-order valence-electron chi connectivity index (χ1n) is 5.80. The molecule has 0 radical (unpaired) electrons. The molecular weight excluding hydrogens is 174 g/mol. The van der Waals surface area contributed by atoms with Gasteiger partial charge in [-0.05, 0) is 46.7 Å². The summed E-state index contributed by atoms with van der Waals surface area (Å²) in [6.07, 6.45) is 2.75. The molecule has 0 rings (SSSR count). The maximum atomic E-state index is 5.70. The third-order valence-corrected chi connectivity index (χ3v) is 2.79. The Hall–Kier alpha value is -0.0800. The Kier molecular flexibility index (Phi) is 7.20. The molecule has 2 atom stereocenters. The summed E-state index contributed by atoms with van der Waals surface area (Å²) in [4.78, 5) is 2.32. The van der Waals surface area contributed by atoms with Gasteiger partial charge in [0.05, 0.1) is 12.7 Å². The molecule has 0 bridgehead atoms. The first-order chi connectivity index (χ1) is 6.52. The Morgan fingerprint density at radius 2 is 1.64 bits per heavy atom. The maximum Gasteiger partial charge on any atom is 0.0519 e. The van der Waals surface area contributed by atoms with Crippen LogP contribution in [-0.2, 0) is 4.74 Å². The summed E-state index contributed by atoms with van der Waals surface area (Å²) >= 11 is 0. The molecule has 86 valence electrons. The number of nitrogens with zero attached hydrogens (tertiary/aromatic N) is 1. The predicted molar refractivity (Wildman–Crippen MR) is 62.6 cm³/mol. The molecule has 0 aliphatic carbocycles. The Labute approximate surface area is 89.6 Å². The van der Waals surface area contributed by atoms with E-state index in [0.717, 1.165) is 6.61 Å². The summed E-state index contributed by atoms with van der Waals surface area (Å²) in [5, 5.41) is 0. The zero-order chi connectivity index (χ0) is 11.1. The predicted octanol–water partition coefficient (Wildman–Crippen LogP) is 2.78. The Bertz CT molecular complexity index is 134. The summed E-state index contributed by atoms with van der Waals surface area (Å²) in [5.41, 5.74) is 0. The minimum Gasteiger partial charge on any atom is -0.378 e.